The standard InChI is InChI=1S/C18H18F2N2O2/c1-11-3-4-13(9-12(11)2)17(23)21-7-8-22-18(24)15-6-5-14(19)10-16(15)20/h3-6,9-10H,7-8H2,1-2H3,(H,21,23)(H,22,24). The molecule has 2 amide bonds. The van der Waals surface area contributed by atoms with Crippen LogP contribution in [0.25, 0.3) is 0 Å². The molecule has 0 aromatic heterocycles. The Morgan fingerprint density at radius 1 is 0.875 bits per heavy atom. The Bertz CT molecular complexity index is 776. The van der Waals surface area contributed by atoms with Crippen LogP contribution in [-0.2, 0) is 0 Å². The fourth-order valence-electron chi connectivity index (χ4n) is 2.11. The van der Waals surface area contributed by atoms with Gasteiger partial charge < -0.3 is 10.6 Å². The van der Waals surface area contributed by atoms with E-state index in [1.54, 1.807) is 12.1 Å². The molecule has 0 aliphatic rings. The second kappa shape index (κ2) is 7.68. The van der Waals surface area contributed by atoms with E-state index in [9.17, 15) is 18.4 Å². The van der Waals surface area contributed by atoms with Crippen molar-refractivity contribution in [2.24, 2.45) is 0 Å². The van der Waals surface area contributed by atoms with Crippen molar-refractivity contribution >= 4 is 11.8 Å². The van der Waals surface area contributed by atoms with Crippen LogP contribution < -0.4 is 10.6 Å². The second-order valence-corrected chi connectivity index (χ2v) is 5.44. The number of amides is 2. The summed E-state index contributed by atoms with van der Waals surface area (Å²) in [7, 11) is 0. The van der Waals surface area contributed by atoms with Crippen LogP contribution >= 0.6 is 0 Å². The van der Waals surface area contributed by atoms with E-state index in [2.05, 4.69) is 10.6 Å². The molecule has 24 heavy (non-hydrogen) atoms. The first-order chi connectivity index (χ1) is 11.4. The van der Waals surface area contributed by atoms with Gasteiger partial charge in [-0.1, -0.05) is 6.07 Å². The molecule has 126 valence electrons. The fourth-order valence-corrected chi connectivity index (χ4v) is 2.11. The monoisotopic (exact) mass is 332 g/mol. The van der Waals surface area contributed by atoms with Crippen LogP contribution in [-0.4, -0.2) is 24.9 Å². The largest absolute Gasteiger partial charge is 0.350 e. The molecule has 0 bridgehead atoms. The zero-order valence-electron chi connectivity index (χ0n) is 13.5. The molecule has 0 heterocycles. The van der Waals surface area contributed by atoms with Crippen molar-refractivity contribution < 1.29 is 18.4 Å². The minimum Gasteiger partial charge on any atom is -0.350 e. The summed E-state index contributed by atoms with van der Waals surface area (Å²) >= 11 is 0. The van der Waals surface area contributed by atoms with Crippen LogP contribution in [0.4, 0.5) is 8.78 Å². The molecule has 0 fully saturated rings. The Morgan fingerprint density at radius 2 is 1.54 bits per heavy atom. The van der Waals surface area contributed by atoms with E-state index in [0.29, 0.717) is 11.6 Å². The van der Waals surface area contributed by atoms with Crippen LogP contribution in [0, 0.1) is 25.5 Å². The lowest BCUT2D eigenvalue weighted by Gasteiger charge is -2.09. The van der Waals surface area contributed by atoms with Gasteiger partial charge in [-0.2, -0.15) is 0 Å². The van der Waals surface area contributed by atoms with E-state index < -0.39 is 17.5 Å². The zero-order valence-corrected chi connectivity index (χ0v) is 13.5. The minimum absolute atomic E-state index is 0.131. The topological polar surface area (TPSA) is 58.2 Å². The maximum absolute atomic E-state index is 13.5. The summed E-state index contributed by atoms with van der Waals surface area (Å²) in [4.78, 5) is 23.8. The molecule has 2 rings (SSSR count). The molecular weight excluding hydrogens is 314 g/mol. The van der Waals surface area contributed by atoms with Crippen molar-refractivity contribution in [2.45, 2.75) is 13.8 Å². The van der Waals surface area contributed by atoms with Gasteiger partial charge in [0.2, 0.25) is 0 Å². The van der Waals surface area contributed by atoms with Gasteiger partial charge in [0, 0.05) is 24.7 Å². The zero-order chi connectivity index (χ0) is 17.7. The Labute approximate surface area is 138 Å². The first kappa shape index (κ1) is 17.6. The normalized spacial score (nSPS) is 10.3. The quantitative estimate of drug-likeness (QED) is 0.827. The average molecular weight is 332 g/mol. The highest BCUT2D eigenvalue weighted by Gasteiger charge is 2.12. The summed E-state index contributed by atoms with van der Waals surface area (Å²) in [5, 5.41) is 5.14. The van der Waals surface area contributed by atoms with E-state index >= 15 is 0 Å². The Hall–Kier alpha value is -2.76. The Balaban J connectivity index is 1.82. The maximum atomic E-state index is 13.5. The van der Waals surface area contributed by atoms with Crippen molar-refractivity contribution in [1.82, 2.24) is 10.6 Å². The summed E-state index contributed by atoms with van der Waals surface area (Å²) in [5.41, 5.74) is 2.41. The van der Waals surface area contributed by atoms with Crippen molar-refractivity contribution in [3.63, 3.8) is 0 Å². The molecule has 2 aromatic carbocycles. The summed E-state index contributed by atoms with van der Waals surface area (Å²) in [6.07, 6.45) is 0. The number of halogens is 2. The number of hydrogen-bond acceptors (Lipinski definition) is 2. The van der Waals surface area contributed by atoms with Crippen LogP contribution in [0.5, 0.6) is 0 Å². The second-order valence-electron chi connectivity index (χ2n) is 5.44. The van der Waals surface area contributed by atoms with Crippen molar-refractivity contribution in [3.8, 4) is 0 Å². The van der Waals surface area contributed by atoms with Crippen molar-refractivity contribution in [3.05, 3.63) is 70.3 Å². The third-order valence-corrected chi connectivity index (χ3v) is 3.64. The van der Waals surface area contributed by atoms with Crippen LogP contribution in [0.15, 0.2) is 36.4 Å². The maximum Gasteiger partial charge on any atom is 0.254 e. The lowest BCUT2D eigenvalue weighted by atomic mass is 10.1. The first-order valence-corrected chi connectivity index (χ1v) is 7.47. The van der Waals surface area contributed by atoms with E-state index in [4.69, 9.17) is 0 Å². The summed E-state index contributed by atoms with van der Waals surface area (Å²) < 4.78 is 26.3. The summed E-state index contributed by atoms with van der Waals surface area (Å²) in [5.74, 6) is -2.58. The lowest BCUT2D eigenvalue weighted by Crippen LogP contribution is -2.35. The van der Waals surface area contributed by atoms with Gasteiger partial charge in [-0.25, -0.2) is 8.78 Å². The minimum atomic E-state index is -0.924. The highest BCUT2D eigenvalue weighted by Crippen LogP contribution is 2.10. The molecule has 4 nitrogen and oxygen atoms in total. The van der Waals surface area contributed by atoms with Crippen LogP contribution in [0.3, 0.4) is 0 Å². The van der Waals surface area contributed by atoms with E-state index in [1.807, 2.05) is 19.9 Å². The molecule has 0 aliphatic heterocycles. The third-order valence-electron chi connectivity index (χ3n) is 3.64. The fraction of sp³-hybridized carbons (Fsp3) is 0.222. The molecule has 0 saturated heterocycles. The number of aryl methyl sites for hydroxylation is 2. The van der Waals surface area contributed by atoms with Gasteiger partial charge in [0.15, 0.2) is 0 Å². The Morgan fingerprint density at radius 3 is 2.17 bits per heavy atom. The molecule has 2 N–H and O–H groups in total. The molecule has 0 radical (unpaired) electrons. The van der Waals surface area contributed by atoms with Crippen molar-refractivity contribution in [1.29, 1.82) is 0 Å². The van der Waals surface area contributed by atoms with E-state index in [-0.39, 0.29) is 24.6 Å². The van der Waals surface area contributed by atoms with Gasteiger partial charge in [-0.3, -0.25) is 9.59 Å². The first-order valence-electron chi connectivity index (χ1n) is 7.47. The van der Waals surface area contributed by atoms with Crippen LogP contribution in [0.2, 0.25) is 0 Å². The molecule has 0 saturated carbocycles. The van der Waals surface area contributed by atoms with Gasteiger partial charge >= 0.3 is 0 Å². The molecular formula is C18H18F2N2O2. The smallest absolute Gasteiger partial charge is 0.254 e. The molecule has 0 aliphatic carbocycles. The molecule has 6 heteroatoms. The van der Waals surface area contributed by atoms with Crippen LogP contribution in [0.1, 0.15) is 31.8 Å². The molecule has 0 unspecified atom stereocenters. The molecule has 2 aromatic rings. The SMILES string of the molecule is Cc1ccc(C(=O)NCCNC(=O)c2ccc(F)cc2F)cc1C. The highest BCUT2D eigenvalue weighted by molar-refractivity contribution is 5.95. The van der Waals surface area contributed by atoms with E-state index in [1.165, 1.54) is 0 Å². The third kappa shape index (κ3) is 4.38. The molecule has 0 spiro atoms. The summed E-state index contributed by atoms with van der Waals surface area (Å²) in [6, 6.07) is 8.12. The average Bonchev–Trinajstić information content (AvgIpc) is 2.53. The van der Waals surface area contributed by atoms with E-state index in [0.717, 1.165) is 23.3 Å². The number of carbonyl (C=O) groups excluding carboxylic acids is 2. The van der Waals surface area contributed by atoms with Gasteiger partial charge in [0.1, 0.15) is 11.6 Å². The lowest BCUT2D eigenvalue weighted by molar-refractivity contribution is 0.0925. The number of carbonyl (C=O) groups is 2. The number of nitrogens with one attached hydrogen (secondary N) is 2. The number of rotatable bonds is 5. The van der Waals surface area contributed by atoms with Gasteiger partial charge in [0.25, 0.3) is 11.8 Å². The predicted molar refractivity (Wildman–Crippen MR) is 86.9 cm³/mol. The van der Waals surface area contributed by atoms with Gasteiger partial charge in [0.05, 0.1) is 5.56 Å². The number of hydrogen-bond donors (Lipinski definition) is 2. The highest BCUT2D eigenvalue weighted by atomic mass is 19.1. The van der Waals surface area contributed by atoms with Crippen molar-refractivity contribution in [2.75, 3.05) is 13.1 Å². The molecule has 0 atom stereocenters. The Kier molecular flexibility index (Phi) is 5.63. The number of benzene rings is 2. The predicted octanol–water partition coefficient (Wildman–Crippen LogP) is 2.74. The van der Waals surface area contributed by atoms with Gasteiger partial charge in [-0.05, 0) is 49.2 Å². The summed E-state index contributed by atoms with van der Waals surface area (Å²) in [6.45, 7) is 4.21. The van der Waals surface area contributed by atoms with Gasteiger partial charge in [-0.15, -0.1) is 0 Å².